The third-order valence-corrected chi connectivity index (χ3v) is 6.99. The summed E-state index contributed by atoms with van der Waals surface area (Å²) in [4.78, 5) is 35.4. The molecule has 1 spiro atoms. The SMILES string of the molecule is COC(=O)C1CC1c1cc(F)ccc1Oc1cncnc1N1CCC2(CCN(C(=O)O)C2)C1. The van der Waals surface area contributed by atoms with Crippen LogP contribution in [-0.2, 0) is 9.53 Å². The highest BCUT2D eigenvalue weighted by molar-refractivity contribution is 5.77. The molecule has 5 rings (SSSR count). The van der Waals surface area contributed by atoms with Crippen LogP contribution in [-0.4, -0.2) is 65.3 Å². The minimum atomic E-state index is -0.884. The van der Waals surface area contributed by atoms with E-state index in [9.17, 15) is 19.1 Å². The minimum absolute atomic E-state index is 0.0939. The molecule has 1 saturated carbocycles. The first kappa shape index (κ1) is 21.4. The zero-order valence-corrected chi connectivity index (χ0v) is 18.2. The van der Waals surface area contributed by atoms with Crippen LogP contribution < -0.4 is 9.64 Å². The van der Waals surface area contributed by atoms with Crippen LogP contribution in [0.1, 0.15) is 30.7 Å². The van der Waals surface area contributed by atoms with Crippen molar-refractivity contribution in [2.24, 2.45) is 11.3 Å². The van der Waals surface area contributed by atoms with Crippen molar-refractivity contribution in [3.8, 4) is 11.5 Å². The van der Waals surface area contributed by atoms with Gasteiger partial charge in [-0.15, -0.1) is 0 Å². The number of nitrogens with zero attached hydrogens (tertiary/aromatic N) is 4. The van der Waals surface area contributed by atoms with Crippen molar-refractivity contribution in [2.75, 3.05) is 38.2 Å². The summed E-state index contributed by atoms with van der Waals surface area (Å²) >= 11 is 0. The third-order valence-electron chi connectivity index (χ3n) is 6.99. The van der Waals surface area contributed by atoms with Crippen LogP contribution in [0, 0.1) is 17.2 Å². The monoisotopic (exact) mass is 456 g/mol. The van der Waals surface area contributed by atoms with Gasteiger partial charge in [0.2, 0.25) is 0 Å². The molecule has 1 amide bonds. The van der Waals surface area contributed by atoms with E-state index in [1.807, 2.05) is 0 Å². The molecule has 3 fully saturated rings. The average molecular weight is 456 g/mol. The summed E-state index contributed by atoms with van der Waals surface area (Å²) < 4.78 is 25.0. The molecule has 1 aliphatic carbocycles. The molecule has 174 valence electrons. The molecule has 33 heavy (non-hydrogen) atoms. The van der Waals surface area contributed by atoms with E-state index in [-0.39, 0.29) is 23.2 Å². The maximum atomic E-state index is 14.0. The molecule has 2 aliphatic heterocycles. The Bertz CT molecular complexity index is 1100. The van der Waals surface area contributed by atoms with Gasteiger partial charge in [-0.25, -0.2) is 19.2 Å². The molecular formula is C23H25FN4O5. The van der Waals surface area contributed by atoms with Crippen LogP contribution in [0.25, 0.3) is 0 Å². The highest BCUT2D eigenvalue weighted by atomic mass is 19.1. The number of benzene rings is 1. The first-order chi connectivity index (χ1) is 15.9. The molecule has 2 saturated heterocycles. The smallest absolute Gasteiger partial charge is 0.407 e. The first-order valence-electron chi connectivity index (χ1n) is 11.0. The van der Waals surface area contributed by atoms with E-state index < -0.39 is 11.9 Å². The molecule has 3 unspecified atom stereocenters. The van der Waals surface area contributed by atoms with Gasteiger partial charge in [0.15, 0.2) is 11.6 Å². The molecule has 0 radical (unpaired) electrons. The maximum Gasteiger partial charge on any atom is 0.407 e. The van der Waals surface area contributed by atoms with E-state index in [0.29, 0.717) is 48.9 Å². The fourth-order valence-corrected chi connectivity index (χ4v) is 5.14. The highest BCUT2D eigenvalue weighted by Crippen LogP contribution is 2.52. The Labute approximate surface area is 190 Å². The molecule has 10 heteroatoms. The fraction of sp³-hybridized carbons (Fsp3) is 0.478. The van der Waals surface area contributed by atoms with Gasteiger partial charge in [0.25, 0.3) is 0 Å². The number of carbonyl (C=O) groups excluding carboxylic acids is 1. The standard InChI is InChI=1S/C23H25FN4O5/c1-32-21(29)17-9-15(17)16-8-14(24)2-3-18(16)33-19-10-25-13-26-20(19)27-6-4-23(11-27)5-7-28(12-23)22(30)31/h2-3,8,10,13,15,17H,4-7,9,11-12H2,1H3,(H,30,31). The Kier molecular flexibility index (Phi) is 5.30. The van der Waals surface area contributed by atoms with Crippen LogP contribution in [0.2, 0.25) is 0 Å². The van der Waals surface area contributed by atoms with Gasteiger partial charge in [-0.1, -0.05) is 0 Å². The number of anilines is 1. The zero-order chi connectivity index (χ0) is 23.2. The molecule has 0 bridgehead atoms. The first-order valence-corrected chi connectivity index (χ1v) is 11.0. The number of hydrogen-bond acceptors (Lipinski definition) is 7. The number of halogens is 1. The summed E-state index contributed by atoms with van der Waals surface area (Å²) in [6.45, 7) is 2.45. The normalized spacial score (nSPS) is 26.0. The van der Waals surface area contributed by atoms with Crippen molar-refractivity contribution in [3.05, 3.63) is 42.1 Å². The molecule has 1 N–H and O–H groups in total. The lowest BCUT2D eigenvalue weighted by atomic mass is 9.86. The van der Waals surface area contributed by atoms with E-state index in [4.69, 9.17) is 9.47 Å². The Balaban J connectivity index is 1.37. The summed E-state index contributed by atoms with van der Waals surface area (Å²) in [5, 5.41) is 9.33. The molecule has 3 atom stereocenters. The number of methoxy groups -OCH3 is 1. The Morgan fingerprint density at radius 3 is 2.79 bits per heavy atom. The highest BCUT2D eigenvalue weighted by Gasteiger charge is 2.47. The lowest BCUT2D eigenvalue weighted by molar-refractivity contribution is -0.142. The molecule has 3 aliphatic rings. The van der Waals surface area contributed by atoms with Crippen molar-refractivity contribution in [3.63, 3.8) is 0 Å². The molecule has 9 nitrogen and oxygen atoms in total. The topological polar surface area (TPSA) is 105 Å². The van der Waals surface area contributed by atoms with Crippen LogP contribution >= 0.6 is 0 Å². The van der Waals surface area contributed by atoms with E-state index in [1.54, 1.807) is 12.3 Å². The molecule has 1 aromatic carbocycles. The largest absolute Gasteiger partial charge is 0.469 e. The van der Waals surface area contributed by atoms with Gasteiger partial charge < -0.3 is 24.4 Å². The van der Waals surface area contributed by atoms with Crippen molar-refractivity contribution >= 4 is 17.9 Å². The number of esters is 1. The predicted molar refractivity (Wildman–Crippen MR) is 115 cm³/mol. The van der Waals surface area contributed by atoms with Crippen LogP contribution in [0.3, 0.4) is 0 Å². The number of rotatable bonds is 5. The number of likely N-dealkylation sites (tertiary alicyclic amines) is 1. The summed E-state index contributed by atoms with van der Waals surface area (Å²) in [6, 6.07) is 4.28. The van der Waals surface area contributed by atoms with Gasteiger partial charge in [-0.05, 0) is 37.5 Å². The van der Waals surface area contributed by atoms with Crippen molar-refractivity contribution in [2.45, 2.75) is 25.2 Å². The quantitative estimate of drug-likeness (QED) is 0.684. The van der Waals surface area contributed by atoms with Gasteiger partial charge in [-0.2, -0.15) is 0 Å². The second-order valence-electron chi connectivity index (χ2n) is 9.09. The molecule has 3 heterocycles. The number of aromatic nitrogens is 2. The maximum absolute atomic E-state index is 14.0. The second kappa shape index (κ2) is 8.17. The Hall–Kier alpha value is -3.43. The zero-order valence-electron chi connectivity index (χ0n) is 18.2. The Morgan fingerprint density at radius 2 is 2.03 bits per heavy atom. The number of hydrogen-bond donors (Lipinski definition) is 1. The second-order valence-corrected chi connectivity index (χ2v) is 9.09. The summed E-state index contributed by atoms with van der Waals surface area (Å²) in [6.07, 6.45) is 4.40. The van der Waals surface area contributed by atoms with Crippen molar-refractivity contribution < 1.29 is 28.6 Å². The number of carbonyl (C=O) groups is 2. The van der Waals surface area contributed by atoms with Crippen molar-refractivity contribution in [1.82, 2.24) is 14.9 Å². The van der Waals surface area contributed by atoms with Gasteiger partial charge in [0.05, 0.1) is 19.2 Å². The number of ether oxygens (including phenoxy) is 2. The van der Waals surface area contributed by atoms with E-state index >= 15 is 0 Å². The Morgan fingerprint density at radius 1 is 1.21 bits per heavy atom. The van der Waals surface area contributed by atoms with E-state index in [1.165, 1.54) is 30.5 Å². The van der Waals surface area contributed by atoms with Gasteiger partial charge in [-0.3, -0.25) is 4.79 Å². The molecule has 2 aromatic rings. The number of carboxylic acid groups (broad SMARTS) is 1. The third kappa shape index (κ3) is 4.05. The average Bonchev–Trinajstić information content (AvgIpc) is 3.33. The summed E-state index contributed by atoms with van der Waals surface area (Å²) in [5.41, 5.74) is 0.523. The minimum Gasteiger partial charge on any atom is -0.469 e. The van der Waals surface area contributed by atoms with Gasteiger partial charge in [0.1, 0.15) is 17.9 Å². The number of amides is 1. The summed E-state index contributed by atoms with van der Waals surface area (Å²) in [7, 11) is 1.34. The lowest BCUT2D eigenvalue weighted by Gasteiger charge is -2.25. The van der Waals surface area contributed by atoms with Gasteiger partial charge >= 0.3 is 12.1 Å². The molecule has 1 aromatic heterocycles. The van der Waals surface area contributed by atoms with E-state index in [0.717, 1.165) is 19.4 Å². The van der Waals surface area contributed by atoms with E-state index in [2.05, 4.69) is 14.9 Å². The molecular weight excluding hydrogens is 431 g/mol. The fourth-order valence-electron chi connectivity index (χ4n) is 5.14. The van der Waals surface area contributed by atoms with Crippen LogP contribution in [0.4, 0.5) is 15.0 Å². The predicted octanol–water partition coefficient (Wildman–Crippen LogP) is 3.26. The lowest BCUT2D eigenvalue weighted by Crippen LogP contribution is -2.33. The summed E-state index contributed by atoms with van der Waals surface area (Å²) in [5.74, 6) is 0.333. The van der Waals surface area contributed by atoms with Crippen molar-refractivity contribution in [1.29, 1.82) is 0 Å². The van der Waals surface area contributed by atoms with Crippen LogP contribution in [0.15, 0.2) is 30.7 Å². The van der Waals surface area contributed by atoms with Crippen LogP contribution in [0.5, 0.6) is 11.5 Å². The van der Waals surface area contributed by atoms with Gasteiger partial charge in [0, 0.05) is 43.1 Å².